The van der Waals surface area contributed by atoms with Crippen LogP contribution in [0.15, 0.2) is 42.6 Å². The number of aromatic nitrogens is 1. The first-order valence-corrected chi connectivity index (χ1v) is 7.42. The minimum Gasteiger partial charge on any atom is -0.366 e. The van der Waals surface area contributed by atoms with Crippen LogP contribution in [0.4, 0.5) is 16.3 Å². The van der Waals surface area contributed by atoms with Crippen LogP contribution in [0.5, 0.6) is 0 Å². The Morgan fingerprint density at radius 2 is 1.91 bits per heavy atom. The molecular formula is C16H19ClN4O. The predicted octanol–water partition coefficient (Wildman–Crippen LogP) is 3.88. The summed E-state index contributed by atoms with van der Waals surface area (Å²) in [5.74, 6) is 0.741. The standard InChI is InChI=1S/C16H19ClN4O/c1-11(2)20-16(22)21-14-7-8-15(19-10-14)18-9-12-3-5-13(17)6-4-12/h3-8,10-11H,9H2,1-2H3,(H,18,19)(H2,20,21,22). The second-order valence-corrected chi connectivity index (χ2v) is 5.60. The van der Waals surface area contributed by atoms with E-state index in [1.54, 1.807) is 12.3 Å². The number of carbonyl (C=O) groups is 1. The maximum absolute atomic E-state index is 11.6. The highest BCUT2D eigenvalue weighted by molar-refractivity contribution is 6.30. The summed E-state index contributed by atoms with van der Waals surface area (Å²) in [7, 11) is 0. The molecule has 1 aromatic carbocycles. The molecule has 116 valence electrons. The third-order valence-corrected chi connectivity index (χ3v) is 3.08. The Balaban J connectivity index is 1.86. The van der Waals surface area contributed by atoms with Gasteiger partial charge in [0.1, 0.15) is 5.82 Å². The number of benzene rings is 1. The average molecular weight is 319 g/mol. The monoisotopic (exact) mass is 318 g/mol. The van der Waals surface area contributed by atoms with Crippen LogP contribution in [0.2, 0.25) is 5.02 Å². The molecule has 1 heterocycles. The minimum atomic E-state index is -0.237. The van der Waals surface area contributed by atoms with Crippen molar-refractivity contribution in [3.8, 4) is 0 Å². The molecule has 0 atom stereocenters. The van der Waals surface area contributed by atoms with Crippen LogP contribution < -0.4 is 16.0 Å². The lowest BCUT2D eigenvalue weighted by Crippen LogP contribution is -2.34. The Bertz CT molecular complexity index is 611. The van der Waals surface area contributed by atoms with Gasteiger partial charge in [-0.3, -0.25) is 0 Å². The largest absolute Gasteiger partial charge is 0.366 e. The fourth-order valence-electron chi connectivity index (χ4n) is 1.80. The Hall–Kier alpha value is -2.27. The molecule has 3 N–H and O–H groups in total. The van der Waals surface area contributed by atoms with Crippen LogP contribution in [-0.2, 0) is 6.54 Å². The summed E-state index contributed by atoms with van der Waals surface area (Å²) >= 11 is 5.85. The maximum Gasteiger partial charge on any atom is 0.319 e. The van der Waals surface area contributed by atoms with Crippen molar-refractivity contribution in [1.82, 2.24) is 10.3 Å². The molecular weight excluding hydrogens is 300 g/mol. The van der Waals surface area contributed by atoms with Crippen LogP contribution in [0, 0.1) is 0 Å². The predicted molar refractivity (Wildman–Crippen MR) is 90.3 cm³/mol. The second kappa shape index (κ2) is 7.66. The Labute approximate surface area is 135 Å². The molecule has 2 aromatic rings. The van der Waals surface area contributed by atoms with Crippen molar-refractivity contribution in [3.63, 3.8) is 0 Å². The molecule has 0 radical (unpaired) electrons. The van der Waals surface area contributed by atoms with Gasteiger partial charge in [-0.2, -0.15) is 0 Å². The van der Waals surface area contributed by atoms with Gasteiger partial charge >= 0.3 is 6.03 Å². The maximum atomic E-state index is 11.6. The van der Waals surface area contributed by atoms with Gasteiger partial charge in [0, 0.05) is 17.6 Å². The van der Waals surface area contributed by atoms with E-state index in [0.29, 0.717) is 12.2 Å². The molecule has 0 bridgehead atoms. The average Bonchev–Trinajstić information content (AvgIpc) is 2.47. The van der Waals surface area contributed by atoms with E-state index in [1.165, 1.54) is 0 Å². The molecule has 0 aliphatic carbocycles. The van der Waals surface area contributed by atoms with Gasteiger partial charge in [-0.15, -0.1) is 0 Å². The number of nitrogens with one attached hydrogen (secondary N) is 3. The van der Waals surface area contributed by atoms with E-state index < -0.39 is 0 Å². The Morgan fingerprint density at radius 3 is 2.50 bits per heavy atom. The Morgan fingerprint density at radius 1 is 1.18 bits per heavy atom. The van der Waals surface area contributed by atoms with Gasteiger partial charge in [0.15, 0.2) is 0 Å². The Kier molecular flexibility index (Phi) is 5.61. The van der Waals surface area contributed by atoms with Crippen molar-refractivity contribution in [3.05, 3.63) is 53.2 Å². The molecule has 0 aliphatic rings. The highest BCUT2D eigenvalue weighted by Gasteiger charge is 2.03. The lowest BCUT2D eigenvalue weighted by atomic mass is 10.2. The number of anilines is 2. The first-order chi connectivity index (χ1) is 10.5. The van der Waals surface area contributed by atoms with Crippen LogP contribution >= 0.6 is 11.6 Å². The van der Waals surface area contributed by atoms with Crippen molar-refractivity contribution in [2.75, 3.05) is 10.6 Å². The number of carbonyl (C=O) groups excluding carboxylic acids is 1. The van der Waals surface area contributed by atoms with E-state index in [0.717, 1.165) is 16.4 Å². The number of pyridine rings is 1. The van der Waals surface area contributed by atoms with E-state index in [2.05, 4.69) is 20.9 Å². The summed E-state index contributed by atoms with van der Waals surface area (Å²) in [6.45, 7) is 4.47. The summed E-state index contributed by atoms with van der Waals surface area (Å²) in [5, 5.41) is 9.41. The first-order valence-electron chi connectivity index (χ1n) is 7.05. The quantitative estimate of drug-likeness (QED) is 0.784. The summed E-state index contributed by atoms with van der Waals surface area (Å²) in [4.78, 5) is 15.8. The van der Waals surface area contributed by atoms with Gasteiger partial charge in [0.2, 0.25) is 0 Å². The van der Waals surface area contributed by atoms with E-state index in [1.807, 2.05) is 44.2 Å². The van der Waals surface area contributed by atoms with Crippen LogP contribution in [0.1, 0.15) is 19.4 Å². The molecule has 0 unspecified atom stereocenters. The lowest BCUT2D eigenvalue weighted by Gasteiger charge is -2.10. The second-order valence-electron chi connectivity index (χ2n) is 5.17. The van der Waals surface area contributed by atoms with Gasteiger partial charge < -0.3 is 16.0 Å². The van der Waals surface area contributed by atoms with Gasteiger partial charge in [0.05, 0.1) is 11.9 Å². The smallest absolute Gasteiger partial charge is 0.319 e. The van der Waals surface area contributed by atoms with Gasteiger partial charge in [-0.05, 0) is 43.7 Å². The lowest BCUT2D eigenvalue weighted by molar-refractivity contribution is 0.250. The van der Waals surface area contributed by atoms with Crippen molar-refractivity contribution in [1.29, 1.82) is 0 Å². The van der Waals surface area contributed by atoms with Gasteiger partial charge in [0.25, 0.3) is 0 Å². The molecule has 2 rings (SSSR count). The van der Waals surface area contributed by atoms with Crippen LogP contribution in [0.3, 0.4) is 0 Å². The molecule has 0 saturated carbocycles. The summed E-state index contributed by atoms with van der Waals surface area (Å²) in [5.41, 5.74) is 1.76. The van der Waals surface area contributed by atoms with Crippen molar-refractivity contribution in [2.24, 2.45) is 0 Å². The fourth-order valence-corrected chi connectivity index (χ4v) is 1.92. The number of amides is 2. The molecule has 22 heavy (non-hydrogen) atoms. The highest BCUT2D eigenvalue weighted by Crippen LogP contribution is 2.13. The van der Waals surface area contributed by atoms with Gasteiger partial charge in [-0.25, -0.2) is 9.78 Å². The number of hydrogen-bond acceptors (Lipinski definition) is 3. The third kappa shape index (κ3) is 5.26. The molecule has 2 amide bonds. The SMILES string of the molecule is CC(C)NC(=O)Nc1ccc(NCc2ccc(Cl)cc2)nc1. The van der Waals surface area contributed by atoms with Gasteiger partial charge in [-0.1, -0.05) is 23.7 Å². The first kappa shape index (κ1) is 16.1. The molecule has 1 aromatic heterocycles. The molecule has 0 fully saturated rings. The number of nitrogens with zero attached hydrogens (tertiary/aromatic N) is 1. The molecule has 0 aliphatic heterocycles. The summed E-state index contributed by atoms with van der Waals surface area (Å²) in [6, 6.07) is 11.1. The zero-order valence-corrected chi connectivity index (χ0v) is 13.3. The molecule has 0 spiro atoms. The number of rotatable bonds is 5. The summed E-state index contributed by atoms with van der Waals surface area (Å²) in [6.07, 6.45) is 1.62. The van der Waals surface area contributed by atoms with E-state index in [-0.39, 0.29) is 12.1 Å². The highest BCUT2D eigenvalue weighted by atomic mass is 35.5. The van der Waals surface area contributed by atoms with E-state index in [4.69, 9.17) is 11.6 Å². The number of hydrogen-bond donors (Lipinski definition) is 3. The van der Waals surface area contributed by atoms with Crippen LogP contribution in [-0.4, -0.2) is 17.1 Å². The normalized spacial score (nSPS) is 10.4. The molecule has 6 heteroatoms. The topological polar surface area (TPSA) is 66.1 Å². The minimum absolute atomic E-state index is 0.0910. The zero-order valence-electron chi connectivity index (χ0n) is 12.6. The molecule has 5 nitrogen and oxygen atoms in total. The van der Waals surface area contributed by atoms with Crippen molar-refractivity contribution < 1.29 is 4.79 Å². The summed E-state index contributed by atoms with van der Waals surface area (Å²) < 4.78 is 0. The molecule has 0 saturated heterocycles. The third-order valence-electron chi connectivity index (χ3n) is 2.83. The number of halogens is 1. The fraction of sp³-hybridized carbons (Fsp3) is 0.250. The van der Waals surface area contributed by atoms with E-state index in [9.17, 15) is 4.79 Å². The van der Waals surface area contributed by atoms with E-state index >= 15 is 0 Å². The zero-order chi connectivity index (χ0) is 15.9. The van der Waals surface area contributed by atoms with Crippen LogP contribution in [0.25, 0.3) is 0 Å². The van der Waals surface area contributed by atoms with Crippen molar-refractivity contribution in [2.45, 2.75) is 26.4 Å². The van der Waals surface area contributed by atoms with Crippen molar-refractivity contribution >= 4 is 29.1 Å². The number of urea groups is 1.